The summed E-state index contributed by atoms with van der Waals surface area (Å²) in [5, 5.41) is 0. The highest BCUT2D eigenvalue weighted by molar-refractivity contribution is 7.91. The molecule has 2 N–H and O–H groups in total. The number of hydrogen-bond acceptors (Lipinski definition) is 5. The Bertz CT molecular complexity index is 604. The lowest BCUT2D eigenvalue weighted by Gasteiger charge is -2.27. The van der Waals surface area contributed by atoms with Gasteiger partial charge < -0.3 is 15.4 Å². The molecule has 1 fully saturated rings. The molecule has 5 nitrogen and oxygen atoms in total. The summed E-state index contributed by atoms with van der Waals surface area (Å²) in [7, 11) is -1.21. The molecular formula is C13H19FN2O3S. The van der Waals surface area contributed by atoms with Gasteiger partial charge in [-0.1, -0.05) is 0 Å². The largest absolute Gasteiger partial charge is 0.491 e. The lowest BCUT2D eigenvalue weighted by atomic mass is 10.1. The molecule has 1 aliphatic rings. The number of anilines is 2. The number of nitrogen functional groups attached to an aromatic ring is 1. The zero-order valence-electron chi connectivity index (χ0n) is 11.6. The monoisotopic (exact) mass is 302 g/mol. The van der Waals surface area contributed by atoms with Gasteiger partial charge in [0.1, 0.15) is 0 Å². The highest BCUT2D eigenvalue weighted by Gasteiger charge is 2.31. The summed E-state index contributed by atoms with van der Waals surface area (Å²) in [4.78, 5) is 1.79. The van der Waals surface area contributed by atoms with Gasteiger partial charge >= 0.3 is 0 Å². The molecule has 1 saturated heterocycles. The summed E-state index contributed by atoms with van der Waals surface area (Å²) in [6.07, 6.45) is 0.555. The maximum absolute atomic E-state index is 13.7. The molecule has 112 valence electrons. The summed E-state index contributed by atoms with van der Waals surface area (Å²) in [5.41, 5.74) is 6.71. The molecule has 0 aromatic heterocycles. The summed E-state index contributed by atoms with van der Waals surface area (Å²) >= 11 is 0. The van der Waals surface area contributed by atoms with Crippen molar-refractivity contribution in [1.82, 2.24) is 0 Å². The normalized spacial score (nSPS) is 20.9. The topological polar surface area (TPSA) is 72.6 Å². The van der Waals surface area contributed by atoms with Gasteiger partial charge in [0.05, 0.1) is 29.5 Å². The molecule has 0 aliphatic carbocycles. The molecule has 0 amide bonds. The van der Waals surface area contributed by atoms with Crippen molar-refractivity contribution in [2.24, 2.45) is 0 Å². The first-order valence-electron chi connectivity index (χ1n) is 6.49. The van der Waals surface area contributed by atoms with Gasteiger partial charge in [-0.25, -0.2) is 12.8 Å². The molecule has 1 aliphatic heterocycles. The first kappa shape index (κ1) is 14.9. The van der Waals surface area contributed by atoms with Crippen LogP contribution in [0.4, 0.5) is 15.8 Å². The molecular weight excluding hydrogens is 283 g/mol. The minimum absolute atomic E-state index is 0.101. The Morgan fingerprint density at radius 1 is 1.50 bits per heavy atom. The predicted molar refractivity (Wildman–Crippen MR) is 77.4 cm³/mol. The summed E-state index contributed by atoms with van der Waals surface area (Å²) in [6.45, 7) is 2.12. The van der Waals surface area contributed by atoms with E-state index in [0.29, 0.717) is 18.7 Å². The van der Waals surface area contributed by atoms with Crippen LogP contribution in [0.15, 0.2) is 12.1 Å². The van der Waals surface area contributed by atoms with Crippen LogP contribution in [0.5, 0.6) is 5.75 Å². The van der Waals surface area contributed by atoms with Crippen molar-refractivity contribution in [1.29, 1.82) is 0 Å². The van der Waals surface area contributed by atoms with Gasteiger partial charge in [-0.05, 0) is 13.3 Å². The Morgan fingerprint density at radius 2 is 2.20 bits per heavy atom. The third kappa shape index (κ3) is 2.98. The molecule has 1 aromatic rings. The van der Waals surface area contributed by atoms with Crippen molar-refractivity contribution in [3.05, 3.63) is 17.9 Å². The van der Waals surface area contributed by atoms with E-state index in [1.807, 2.05) is 0 Å². The fraction of sp³-hybridized carbons (Fsp3) is 0.538. The van der Waals surface area contributed by atoms with E-state index < -0.39 is 15.7 Å². The Hall–Kier alpha value is -1.50. The molecule has 2 rings (SSSR count). The van der Waals surface area contributed by atoms with Gasteiger partial charge in [0.25, 0.3) is 0 Å². The van der Waals surface area contributed by atoms with Crippen LogP contribution in [0.3, 0.4) is 0 Å². The van der Waals surface area contributed by atoms with Gasteiger partial charge in [0, 0.05) is 25.2 Å². The molecule has 20 heavy (non-hydrogen) atoms. The number of rotatable bonds is 4. The first-order valence-corrected chi connectivity index (χ1v) is 8.31. The second-order valence-electron chi connectivity index (χ2n) is 4.94. The van der Waals surface area contributed by atoms with E-state index in [-0.39, 0.29) is 29.0 Å². The maximum atomic E-state index is 13.7. The summed E-state index contributed by atoms with van der Waals surface area (Å²) in [5.74, 6) is -0.101. The summed E-state index contributed by atoms with van der Waals surface area (Å²) in [6, 6.07) is 2.60. The molecule has 0 bridgehead atoms. The lowest BCUT2D eigenvalue weighted by Crippen LogP contribution is -2.33. The molecule has 1 atom stereocenters. The Kier molecular flexibility index (Phi) is 4.08. The number of benzene rings is 1. The number of halogens is 1. The first-order chi connectivity index (χ1) is 9.34. The van der Waals surface area contributed by atoms with Crippen molar-refractivity contribution in [3.63, 3.8) is 0 Å². The number of hydrogen-bond donors (Lipinski definition) is 1. The Labute approximate surface area is 118 Å². The number of ether oxygens (including phenoxy) is 1. The minimum atomic E-state index is -2.98. The smallest absolute Gasteiger partial charge is 0.167 e. The standard InChI is InChI=1S/C13H19FN2O3S/c1-3-19-13-7-12(11(15)6-10(13)14)16(2)9-4-5-20(17,18)8-9/h6-7,9H,3-5,8,15H2,1-2H3. The SMILES string of the molecule is CCOc1cc(N(C)C2CCS(=O)(=O)C2)c(N)cc1F. The quantitative estimate of drug-likeness (QED) is 0.852. The number of nitrogens with two attached hydrogens (primary N) is 1. The van der Waals surface area contributed by atoms with Crippen LogP contribution in [0.25, 0.3) is 0 Å². The molecule has 0 spiro atoms. The van der Waals surface area contributed by atoms with Crippen molar-refractivity contribution >= 4 is 21.2 Å². The van der Waals surface area contributed by atoms with Gasteiger partial charge in [-0.3, -0.25) is 0 Å². The van der Waals surface area contributed by atoms with Crippen LogP contribution in [0.2, 0.25) is 0 Å². The molecule has 1 unspecified atom stereocenters. The number of nitrogens with zero attached hydrogens (tertiary/aromatic N) is 1. The predicted octanol–water partition coefficient (Wildman–Crippen LogP) is 1.43. The van der Waals surface area contributed by atoms with E-state index in [9.17, 15) is 12.8 Å². The third-order valence-electron chi connectivity index (χ3n) is 3.52. The van der Waals surface area contributed by atoms with E-state index in [1.165, 1.54) is 12.1 Å². The molecule has 0 radical (unpaired) electrons. The average molecular weight is 302 g/mol. The van der Waals surface area contributed by atoms with Crippen molar-refractivity contribution in [2.45, 2.75) is 19.4 Å². The van der Waals surface area contributed by atoms with Crippen molar-refractivity contribution in [2.75, 3.05) is 35.8 Å². The van der Waals surface area contributed by atoms with Crippen molar-refractivity contribution in [3.8, 4) is 5.75 Å². The maximum Gasteiger partial charge on any atom is 0.167 e. The van der Waals surface area contributed by atoms with E-state index in [4.69, 9.17) is 10.5 Å². The van der Waals surface area contributed by atoms with Crippen molar-refractivity contribution < 1.29 is 17.5 Å². The van der Waals surface area contributed by atoms with Crippen LogP contribution in [0.1, 0.15) is 13.3 Å². The van der Waals surface area contributed by atoms with E-state index in [1.54, 1.807) is 18.9 Å². The summed E-state index contributed by atoms with van der Waals surface area (Å²) < 4.78 is 42.0. The van der Waals surface area contributed by atoms with Crippen LogP contribution < -0.4 is 15.4 Å². The van der Waals surface area contributed by atoms with E-state index in [0.717, 1.165) is 0 Å². The van der Waals surface area contributed by atoms with Gasteiger partial charge in [0.2, 0.25) is 0 Å². The lowest BCUT2D eigenvalue weighted by molar-refractivity contribution is 0.321. The molecule has 7 heteroatoms. The van der Waals surface area contributed by atoms with Gasteiger partial charge in [-0.2, -0.15) is 0 Å². The van der Waals surface area contributed by atoms with Crippen LogP contribution in [0, 0.1) is 5.82 Å². The fourth-order valence-corrected chi connectivity index (χ4v) is 4.18. The van der Waals surface area contributed by atoms with E-state index >= 15 is 0 Å². The second kappa shape index (κ2) is 5.47. The highest BCUT2D eigenvalue weighted by atomic mass is 32.2. The third-order valence-corrected chi connectivity index (χ3v) is 5.27. The van der Waals surface area contributed by atoms with Crippen LogP contribution in [-0.4, -0.2) is 39.6 Å². The number of sulfone groups is 1. The van der Waals surface area contributed by atoms with Crippen LogP contribution >= 0.6 is 0 Å². The molecule has 0 saturated carbocycles. The van der Waals surface area contributed by atoms with E-state index in [2.05, 4.69) is 0 Å². The Balaban J connectivity index is 2.30. The fourth-order valence-electron chi connectivity index (χ4n) is 2.41. The zero-order chi connectivity index (χ0) is 14.9. The van der Waals surface area contributed by atoms with Crippen LogP contribution in [-0.2, 0) is 9.84 Å². The molecule has 1 heterocycles. The average Bonchev–Trinajstić information content (AvgIpc) is 2.72. The second-order valence-corrected chi connectivity index (χ2v) is 7.17. The Morgan fingerprint density at radius 3 is 2.75 bits per heavy atom. The van der Waals surface area contributed by atoms with Gasteiger partial charge in [0.15, 0.2) is 21.4 Å². The molecule has 1 aromatic carbocycles. The van der Waals surface area contributed by atoms with Gasteiger partial charge in [-0.15, -0.1) is 0 Å². The zero-order valence-corrected chi connectivity index (χ0v) is 12.4. The highest BCUT2D eigenvalue weighted by Crippen LogP contribution is 2.33. The minimum Gasteiger partial charge on any atom is -0.491 e.